The topological polar surface area (TPSA) is 37.4 Å². The van der Waals surface area contributed by atoms with Gasteiger partial charge in [0.25, 0.3) is 0 Å². The van der Waals surface area contributed by atoms with Crippen molar-refractivity contribution in [1.29, 1.82) is 0 Å². The zero-order valence-corrected chi connectivity index (χ0v) is 11.7. The average molecular weight is 295 g/mol. The maximum atomic E-state index is 13.1. The summed E-state index contributed by atoms with van der Waals surface area (Å²) in [5.74, 6) is -0.0534. The zero-order valence-electron chi connectivity index (χ0n) is 11.7. The lowest BCUT2D eigenvalue weighted by Gasteiger charge is -2.51. The minimum absolute atomic E-state index is 0.125. The van der Waals surface area contributed by atoms with Crippen LogP contribution >= 0.6 is 0 Å². The lowest BCUT2D eigenvalue weighted by atomic mass is 9.50. The number of hydrogen-bond donors (Lipinski definition) is 0. The van der Waals surface area contributed by atoms with Gasteiger partial charge in [0.15, 0.2) is 0 Å². The lowest BCUT2D eigenvalue weighted by Crippen LogP contribution is -2.50. The van der Waals surface area contributed by atoms with E-state index in [1.54, 1.807) is 0 Å². The van der Waals surface area contributed by atoms with Gasteiger partial charge in [-0.3, -0.25) is 14.5 Å². The van der Waals surface area contributed by atoms with Crippen LogP contribution in [0.3, 0.4) is 0 Å². The van der Waals surface area contributed by atoms with Gasteiger partial charge in [-0.25, -0.2) is 4.39 Å². The first kappa shape index (κ1) is 12.3. The SMILES string of the molecule is O=C1C2C3C=CC(C4C=CC43)C2C(=O)N1c1ccc(F)cc1. The van der Waals surface area contributed by atoms with E-state index in [2.05, 4.69) is 24.3 Å². The van der Waals surface area contributed by atoms with E-state index in [0.29, 0.717) is 17.5 Å². The second-order valence-electron chi connectivity index (χ2n) is 6.62. The Balaban J connectivity index is 1.58. The van der Waals surface area contributed by atoms with Gasteiger partial charge in [0.2, 0.25) is 11.8 Å². The fraction of sp³-hybridized carbons (Fsp3) is 0.333. The zero-order chi connectivity index (χ0) is 15.0. The van der Waals surface area contributed by atoms with Crippen LogP contribution in [0, 0.1) is 41.3 Å². The Morgan fingerprint density at radius 1 is 0.727 bits per heavy atom. The molecule has 2 fully saturated rings. The van der Waals surface area contributed by atoms with Gasteiger partial charge in [-0.05, 0) is 47.9 Å². The highest BCUT2D eigenvalue weighted by molar-refractivity contribution is 6.22. The van der Waals surface area contributed by atoms with E-state index in [9.17, 15) is 14.0 Å². The summed E-state index contributed by atoms with van der Waals surface area (Å²) < 4.78 is 13.1. The highest BCUT2D eigenvalue weighted by Gasteiger charge is 2.62. The summed E-state index contributed by atoms with van der Waals surface area (Å²) in [7, 11) is 0. The van der Waals surface area contributed by atoms with Crippen molar-refractivity contribution in [2.75, 3.05) is 4.90 Å². The van der Waals surface area contributed by atoms with Gasteiger partial charge in [-0.1, -0.05) is 24.3 Å². The number of benzene rings is 1. The van der Waals surface area contributed by atoms with Crippen LogP contribution in [0.15, 0.2) is 48.6 Å². The minimum atomic E-state index is -0.371. The molecule has 6 rings (SSSR count). The van der Waals surface area contributed by atoms with Gasteiger partial charge in [0, 0.05) is 0 Å². The molecule has 1 aliphatic heterocycles. The first-order valence-corrected chi connectivity index (χ1v) is 7.67. The summed E-state index contributed by atoms with van der Waals surface area (Å²) in [5.41, 5.74) is 0.477. The third kappa shape index (κ3) is 1.31. The van der Waals surface area contributed by atoms with E-state index >= 15 is 0 Å². The lowest BCUT2D eigenvalue weighted by molar-refractivity contribution is -0.127. The number of halogens is 1. The maximum absolute atomic E-state index is 13.1. The van der Waals surface area contributed by atoms with Crippen molar-refractivity contribution in [3.05, 3.63) is 54.4 Å². The molecule has 5 aliphatic rings. The number of carbonyl (C=O) groups excluding carboxylic acids is 2. The van der Waals surface area contributed by atoms with E-state index in [1.165, 1.54) is 29.2 Å². The fourth-order valence-corrected chi connectivity index (χ4v) is 4.74. The number of nitrogens with zero attached hydrogens (tertiary/aromatic N) is 1. The van der Waals surface area contributed by atoms with E-state index < -0.39 is 0 Å². The van der Waals surface area contributed by atoms with Crippen molar-refractivity contribution in [1.82, 2.24) is 0 Å². The van der Waals surface area contributed by atoms with Crippen molar-refractivity contribution < 1.29 is 14.0 Å². The second-order valence-corrected chi connectivity index (χ2v) is 6.62. The molecular formula is C18H14FNO2. The first-order chi connectivity index (χ1) is 10.7. The Bertz CT molecular complexity index is 711. The molecule has 6 atom stereocenters. The molecule has 1 saturated heterocycles. The highest BCUT2D eigenvalue weighted by Crippen LogP contribution is 2.58. The van der Waals surface area contributed by atoms with Crippen molar-refractivity contribution >= 4 is 17.5 Å². The van der Waals surface area contributed by atoms with Crippen LogP contribution in [0.2, 0.25) is 0 Å². The van der Waals surface area contributed by atoms with Crippen LogP contribution in [-0.2, 0) is 9.59 Å². The van der Waals surface area contributed by atoms with E-state index in [1.807, 2.05) is 0 Å². The predicted octanol–water partition coefficient (Wildman–Crippen LogP) is 2.55. The third-order valence-corrected chi connectivity index (χ3v) is 5.76. The van der Waals surface area contributed by atoms with E-state index in [4.69, 9.17) is 0 Å². The Morgan fingerprint density at radius 2 is 1.18 bits per heavy atom. The molecule has 2 amide bonds. The Kier molecular flexibility index (Phi) is 2.21. The van der Waals surface area contributed by atoms with E-state index in [0.717, 1.165) is 0 Å². The van der Waals surface area contributed by atoms with Gasteiger partial charge in [0.1, 0.15) is 5.82 Å². The van der Waals surface area contributed by atoms with Gasteiger partial charge in [0.05, 0.1) is 17.5 Å². The quantitative estimate of drug-likeness (QED) is 0.590. The minimum Gasteiger partial charge on any atom is -0.274 e. The molecular weight excluding hydrogens is 281 g/mol. The summed E-state index contributed by atoms with van der Waals surface area (Å²) >= 11 is 0. The molecule has 0 N–H and O–H groups in total. The largest absolute Gasteiger partial charge is 0.274 e. The monoisotopic (exact) mass is 295 g/mol. The number of imide groups is 1. The number of anilines is 1. The van der Waals surface area contributed by atoms with Crippen LogP contribution in [0.5, 0.6) is 0 Å². The molecule has 4 heteroatoms. The molecule has 4 aliphatic carbocycles. The number of rotatable bonds is 1. The molecule has 0 spiro atoms. The standard InChI is InChI=1S/C18H14FNO2/c19-9-1-3-10(4-2-9)20-17(21)15-13-7-8-14(16(15)18(20)22)12-6-5-11(12)13/h1-8,11-16H. The second kappa shape index (κ2) is 3.94. The van der Waals surface area contributed by atoms with Gasteiger partial charge < -0.3 is 0 Å². The summed E-state index contributed by atoms with van der Waals surface area (Å²) in [6, 6.07) is 5.58. The summed E-state index contributed by atoms with van der Waals surface area (Å²) in [5, 5.41) is 0. The Labute approximate surface area is 127 Å². The summed E-state index contributed by atoms with van der Waals surface area (Å²) in [6.45, 7) is 0. The molecule has 0 radical (unpaired) electrons. The molecule has 3 nitrogen and oxygen atoms in total. The van der Waals surface area contributed by atoms with Crippen LogP contribution < -0.4 is 4.90 Å². The maximum Gasteiger partial charge on any atom is 0.238 e. The Hall–Kier alpha value is -2.23. The number of amides is 2. The fourth-order valence-electron chi connectivity index (χ4n) is 4.74. The molecule has 110 valence electrons. The Morgan fingerprint density at radius 3 is 1.64 bits per heavy atom. The number of carbonyl (C=O) groups is 2. The van der Waals surface area contributed by atoms with Crippen molar-refractivity contribution in [2.24, 2.45) is 35.5 Å². The molecule has 2 bridgehead atoms. The third-order valence-electron chi connectivity index (χ3n) is 5.76. The van der Waals surface area contributed by atoms with Crippen LogP contribution in [0.1, 0.15) is 0 Å². The van der Waals surface area contributed by atoms with Crippen molar-refractivity contribution in [2.45, 2.75) is 0 Å². The van der Waals surface area contributed by atoms with Crippen molar-refractivity contribution in [3.63, 3.8) is 0 Å². The molecule has 1 aromatic rings. The smallest absolute Gasteiger partial charge is 0.238 e. The first-order valence-electron chi connectivity index (χ1n) is 7.67. The van der Waals surface area contributed by atoms with Crippen LogP contribution in [0.4, 0.5) is 10.1 Å². The van der Waals surface area contributed by atoms with Crippen molar-refractivity contribution in [3.8, 4) is 0 Å². The normalized spacial score (nSPS) is 40.7. The molecule has 6 unspecified atom stereocenters. The number of allylic oxidation sites excluding steroid dienone is 4. The highest BCUT2D eigenvalue weighted by atomic mass is 19.1. The average Bonchev–Trinajstić information content (AvgIpc) is 2.74. The number of hydrogen-bond acceptors (Lipinski definition) is 2. The molecule has 22 heavy (non-hydrogen) atoms. The van der Waals surface area contributed by atoms with Crippen LogP contribution in [0.25, 0.3) is 0 Å². The predicted molar refractivity (Wildman–Crippen MR) is 78.1 cm³/mol. The van der Waals surface area contributed by atoms with E-state index in [-0.39, 0.29) is 41.3 Å². The molecule has 1 heterocycles. The molecule has 1 aromatic carbocycles. The van der Waals surface area contributed by atoms with Gasteiger partial charge in [-0.2, -0.15) is 0 Å². The van der Waals surface area contributed by atoms with Crippen LogP contribution in [-0.4, -0.2) is 11.8 Å². The summed E-state index contributed by atoms with van der Waals surface area (Å²) in [4.78, 5) is 27.0. The van der Waals surface area contributed by atoms with Gasteiger partial charge >= 0.3 is 0 Å². The molecule has 0 aromatic heterocycles. The molecule has 1 saturated carbocycles. The summed E-state index contributed by atoms with van der Waals surface area (Å²) in [6.07, 6.45) is 8.58. The van der Waals surface area contributed by atoms with Gasteiger partial charge in [-0.15, -0.1) is 0 Å².